The molecule has 0 radical (unpaired) electrons. The fraction of sp³-hybridized carbons (Fsp3) is 0.423. The number of ether oxygens (including phenoxy) is 2. The van der Waals surface area contributed by atoms with Crippen molar-refractivity contribution in [3.05, 3.63) is 58.1 Å². The molecule has 10 heteroatoms. The van der Waals surface area contributed by atoms with Gasteiger partial charge in [-0.1, -0.05) is 53.2 Å². The molecule has 0 unspecified atom stereocenters. The molecular formula is C26H38Cl2IN3O4. The van der Waals surface area contributed by atoms with Gasteiger partial charge in [0.2, 0.25) is 0 Å². The smallest absolute Gasteiger partial charge is 0.412 e. The van der Waals surface area contributed by atoms with Crippen LogP contribution in [0.25, 0.3) is 0 Å². The maximum Gasteiger partial charge on any atom is 0.412 e. The summed E-state index contributed by atoms with van der Waals surface area (Å²) in [5, 5.41) is 6.49. The number of amides is 2. The van der Waals surface area contributed by atoms with E-state index in [4.69, 9.17) is 32.7 Å². The number of aliphatic imine (C=N–C) groups is 1. The number of carbonyl (C=O) groups excluding carboxylic acids is 2. The van der Waals surface area contributed by atoms with Gasteiger partial charge in [0.25, 0.3) is 0 Å². The zero-order valence-electron chi connectivity index (χ0n) is 21.3. The lowest BCUT2D eigenvalue weighted by Gasteiger charge is -2.20. The first-order valence-corrected chi connectivity index (χ1v) is 13.4. The molecule has 2 aromatic rings. The lowest BCUT2D eigenvalue weighted by molar-refractivity contribution is 0.0624. The molecule has 2 aromatic carbocycles. The highest BCUT2D eigenvalue weighted by molar-refractivity contribution is 14.1. The van der Waals surface area contributed by atoms with Crippen LogP contribution in [0.2, 0.25) is 10.0 Å². The van der Waals surface area contributed by atoms with Crippen LogP contribution in [0, 0.1) is 0 Å². The predicted octanol–water partition coefficient (Wildman–Crippen LogP) is 9.11. The van der Waals surface area contributed by atoms with Gasteiger partial charge < -0.3 is 9.47 Å². The Balaban J connectivity index is 0. The van der Waals surface area contributed by atoms with E-state index in [9.17, 15) is 9.59 Å². The quantitative estimate of drug-likeness (QED) is 0.196. The number of benzene rings is 2. The van der Waals surface area contributed by atoms with E-state index in [1.54, 1.807) is 55.7 Å². The minimum atomic E-state index is -0.532. The molecule has 36 heavy (non-hydrogen) atoms. The van der Waals surface area contributed by atoms with Crippen LogP contribution in [0.3, 0.4) is 0 Å². The van der Waals surface area contributed by atoms with E-state index in [-0.39, 0.29) is 7.43 Å². The summed E-state index contributed by atoms with van der Waals surface area (Å²) in [5.41, 5.74) is 0.982. The van der Waals surface area contributed by atoms with Gasteiger partial charge in [-0.05, 0) is 88.9 Å². The predicted molar refractivity (Wildman–Crippen MR) is 163 cm³/mol. The lowest BCUT2D eigenvalue weighted by Crippen LogP contribution is -2.27. The number of alkyl halides is 1. The average Bonchev–Trinajstić information content (AvgIpc) is 2.71. The van der Waals surface area contributed by atoms with Crippen molar-refractivity contribution in [1.82, 2.24) is 0 Å². The number of nitrogens with one attached hydrogen (secondary N) is 2. The highest BCUT2D eigenvalue weighted by Crippen LogP contribution is 2.20. The first kappa shape index (κ1) is 36.1. The summed E-state index contributed by atoms with van der Waals surface area (Å²) in [7, 11) is 1.65. The van der Waals surface area contributed by atoms with Gasteiger partial charge >= 0.3 is 12.2 Å². The molecule has 0 saturated carbocycles. The molecule has 0 fully saturated rings. The van der Waals surface area contributed by atoms with Crippen molar-refractivity contribution >= 4 is 75.6 Å². The molecule has 2 rings (SSSR count). The number of nitrogens with zero attached hydrogens (tertiary/aromatic N) is 1. The molecule has 2 amide bonds. The molecule has 0 atom stereocenters. The van der Waals surface area contributed by atoms with Crippen LogP contribution in [0.1, 0.15) is 54.5 Å². The van der Waals surface area contributed by atoms with E-state index < -0.39 is 23.4 Å². The number of rotatable bonds is 3. The van der Waals surface area contributed by atoms with Crippen molar-refractivity contribution < 1.29 is 19.1 Å². The van der Waals surface area contributed by atoms with Crippen molar-refractivity contribution in [2.75, 3.05) is 22.6 Å². The fourth-order valence-corrected chi connectivity index (χ4v) is 2.57. The van der Waals surface area contributed by atoms with Crippen LogP contribution in [-0.2, 0) is 9.47 Å². The maximum atomic E-state index is 11.7. The SMILES string of the molecule is C.CC(C)(C)OC(=O)Nc1ccc(Cl)cc1.CI.CN=Cc1cc(Cl)ccc1NC(=O)OC(C)(C)C. The normalized spacial score (nSPS) is 10.5. The summed E-state index contributed by atoms with van der Waals surface area (Å²) in [4.78, 5) is 28.9. The van der Waals surface area contributed by atoms with Gasteiger partial charge in [0.1, 0.15) is 11.2 Å². The van der Waals surface area contributed by atoms with Crippen LogP contribution >= 0.6 is 45.8 Å². The van der Waals surface area contributed by atoms with Crippen molar-refractivity contribution in [3.8, 4) is 0 Å². The largest absolute Gasteiger partial charge is 0.444 e. The van der Waals surface area contributed by atoms with Crippen LogP contribution in [-0.4, -0.2) is 41.6 Å². The van der Waals surface area contributed by atoms with E-state index in [1.807, 2.05) is 46.5 Å². The number of carbonyl (C=O) groups is 2. The first-order valence-electron chi connectivity index (χ1n) is 10.5. The summed E-state index contributed by atoms with van der Waals surface area (Å²) in [6.45, 7) is 10.9. The summed E-state index contributed by atoms with van der Waals surface area (Å²) in [5.74, 6) is 0. The first-order chi connectivity index (χ1) is 16.2. The summed E-state index contributed by atoms with van der Waals surface area (Å²) in [6.07, 6.45) is 0.652. The molecule has 7 nitrogen and oxygen atoms in total. The van der Waals surface area contributed by atoms with Gasteiger partial charge in [0.15, 0.2) is 0 Å². The topological polar surface area (TPSA) is 89.0 Å². The highest BCUT2D eigenvalue weighted by Gasteiger charge is 2.17. The minimum absolute atomic E-state index is 0. The van der Waals surface area contributed by atoms with E-state index >= 15 is 0 Å². The Hall–Kier alpha value is -2.04. The van der Waals surface area contributed by atoms with Gasteiger partial charge in [-0.15, -0.1) is 0 Å². The average molecular weight is 654 g/mol. The molecular weight excluding hydrogens is 616 g/mol. The molecule has 0 aromatic heterocycles. The van der Waals surface area contributed by atoms with Crippen molar-refractivity contribution in [1.29, 1.82) is 0 Å². The lowest BCUT2D eigenvalue weighted by atomic mass is 10.2. The zero-order valence-corrected chi connectivity index (χ0v) is 25.0. The van der Waals surface area contributed by atoms with E-state index in [1.165, 1.54) is 0 Å². The Morgan fingerprint density at radius 2 is 1.28 bits per heavy atom. The molecule has 0 saturated heterocycles. The Morgan fingerprint density at radius 3 is 1.72 bits per heavy atom. The number of anilines is 2. The second kappa shape index (κ2) is 17.4. The summed E-state index contributed by atoms with van der Waals surface area (Å²) in [6, 6.07) is 12.0. The van der Waals surface area contributed by atoms with Crippen molar-refractivity contribution in [2.24, 2.45) is 4.99 Å². The second-order valence-corrected chi connectivity index (χ2v) is 9.75. The van der Waals surface area contributed by atoms with Gasteiger partial charge in [-0.3, -0.25) is 15.6 Å². The molecule has 0 aliphatic carbocycles. The third-order valence-electron chi connectivity index (χ3n) is 3.41. The van der Waals surface area contributed by atoms with Crippen LogP contribution in [0.5, 0.6) is 0 Å². The molecule has 0 heterocycles. The van der Waals surface area contributed by atoms with E-state index in [2.05, 4.69) is 38.2 Å². The number of hydrogen-bond donors (Lipinski definition) is 2. The molecule has 2 N–H and O–H groups in total. The summed E-state index contributed by atoms with van der Waals surface area (Å²) >= 11 is 13.8. The van der Waals surface area contributed by atoms with E-state index in [0.717, 1.165) is 5.56 Å². The highest BCUT2D eigenvalue weighted by atomic mass is 127. The van der Waals surface area contributed by atoms with Gasteiger partial charge in [0.05, 0.1) is 5.69 Å². The molecule has 0 spiro atoms. The molecule has 0 bridgehead atoms. The van der Waals surface area contributed by atoms with Crippen LogP contribution < -0.4 is 10.6 Å². The fourth-order valence-electron chi connectivity index (χ4n) is 2.26. The third kappa shape index (κ3) is 17.4. The maximum absolute atomic E-state index is 11.7. The Morgan fingerprint density at radius 1 is 0.833 bits per heavy atom. The zero-order chi connectivity index (χ0) is 27.2. The second-order valence-electron chi connectivity index (χ2n) is 8.88. The Labute approximate surface area is 239 Å². The minimum Gasteiger partial charge on any atom is -0.444 e. The standard InChI is InChI=1S/C13H17ClN2O2.C11H14ClNO2.CH3I.CH4/c1-13(2,3)18-12(17)16-11-6-5-10(14)7-9(11)8-15-4;1-11(2,3)15-10(14)13-9-6-4-8(12)5-7-9;1-2;/h5-8H,1-4H3,(H,16,17);4-7H,1-3H3,(H,13,14);1H3;1H4. The van der Waals surface area contributed by atoms with Crippen molar-refractivity contribution in [3.63, 3.8) is 0 Å². The molecule has 0 aliphatic rings. The van der Waals surface area contributed by atoms with Crippen LogP contribution in [0.4, 0.5) is 21.0 Å². The van der Waals surface area contributed by atoms with Crippen molar-refractivity contribution in [2.45, 2.75) is 60.2 Å². The third-order valence-corrected chi connectivity index (χ3v) is 3.89. The van der Waals surface area contributed by atoms with Gasteiger partial charge in [-0.2, -0.15) is 0 Å². The Bertz CT molecular complexity index is 971. The molecule has 202 valence electrons. The number of hydrogen-bond acceptors (Lipinski definition) is 5. The Kier molecular flexibility index (Phi) is 17.5. The number of halogens is 3. The monoisotopic (exact) mass is 653 g/mol. The van der Waals surface area contributed by atoms with E-state index in [0.29, 0.717) is 21.4 Å². The van der Waals surface area contributed by atoms with Crippen LogP contribution in [0.15, 0.2) is 47.5 Å². The van der Waals surface area contributed by atoms with Gasteiger partial charge in [0, 0.05) is 34.6 Å². The molecule has 0 aliphatic heterocycles. The van der Waals surface area contributed by atoms with Gasteiger partial charge in [-0.25, -0.2) is 9.59 Å². The summed E-state index contributed by atoms with van der Waals surface area (Å²) < 4.78 is 10.3.